The van der Waals surface area contributed by atoms with Gasteiger partial charge in [0.15, 0.2) is 11.6 Å². The van der Waals surface area contributed by atoms with Crippen LogP contribution < -0.4 is 14.5 Å². The Morgan fingerprint density at radius 3 is 2.56 bits per heavy atom. The molecule has 162 valence electrons. The fourth-order valence-corrected chi connectivity index (χ4v) is 4.51. The summed E-state index contributed by atoms with van der Waals surface area (Å²) < 4.78 is 30.2. The molecule has 1 aliphatic heterocycles. The van der Waals surface area contributed by atoms with Crippen LogP contribution in [-0.4, -0.2) is 24.9 Å². The number of thiazole rings is 1. The minimum absolute atomic E-state index is 0.117. The van der Waals surface area contributed by atoms with Crippen LogP contribution in [0.2, 0.25) is 0 Å². The minimum Gasteiger partial charge on any atom is -0.497 e. The van der Waals surface area contributed by atoms with Crippen LogP contribution in [0.4, 0.5) is 9.52 Å². The highest BCUT2D eigenvalue weighted by molar-refractivity contribution is 7.14. The van der Waals surface area contributed by atoms with Crippen molar-refractivity contribution in [2.75, 3.05) is 19.2 Å². The third-order valence-corrected chi connectivity index (χ3v) is 6.17. The first-order valence-corrected chi connectivity index (χ1v) is 10.9. The number of hydrazone groups is 1. The first-order chi connectivity index (χ1) is 15.7. The van der Waals surface area contributed by atoms with Crippen molar-refractivity contribution in [3.05, 3.63) is 83.4 Å². The van der Waals surface area contributed by atoms with Crippen molar-refractivity contribution in [2.24, 2.45) is 5.10 Å². The van der Waals surface area contributed by atoms with E-state index in [0.717, 1.165) is 22.8 Å². The Bertz CT molecular complexity index is 1250. The van der Waals surface area contributed by atoms with E-state index in [4.69, 9.17) is 24.0 Å². The second-order valence-electron chi connectivity index (χ2n) is 7.22. The maximum atomic E-state index is 14.2. The summed E-state index contributed by atoms with van der Waals surface area (Å²) in [6.45, 7) is 0. The summed E-state index contributed by atoms with van der Waals surface area (Å²) in [5.41, 5.74) is 3.30. The molecule has 0 N–H and O–H groups in total. The van der Waals surface area contributed by atoms with Crippen LogP contribution in [0.5, 0.6) is 11.5 Å². The zero-order chi connectivity index (χ0) is 22.1. The van der Waals surface area contributed by atoms with Gasteiger partial charge in [0.1, 0.15) is 17.6 Å². The molecule has 4 aromatic rings. The predicted octanol–water partition coefficient (Wildman–Crippen LogP) is 5.92. The zero-order valence-corrected chi connectivity index (χ0v) is 18.3. The molecule has 0 saturated carbocycles. The van der Waals surface area contributed by atoms with E-state index < -0.39 is 5.82 Å². The van der Waals surface area contributed by atoms with E-state index in [9.17, 15) is 4.39 Å². The van der Waals surface area contributed by atoms with Crippen molar-refractivity contribution < 1.29 is 18.3 Å². The zero-order valence-electron chi connectivity index (χ0n) is 17.5. The largest absolute Gasteiger partial charge is 0.497 e. The molecule has 0 saturated heterocycles. The highest BCUT2D eigenvalue weighted by atomic mass is 32.1. The van der Waals surface area contributed by atoms with E-state index in [1.165, 1.54) is 24.5 Å². The molecular formula is C24H20FN3O3S. The number of furan rings is 1. The topological polar surface area (TPSA) is 60.1 Å². The van der Waals surface area contributed by atoms with Gasteiger partial charge in [-0.15, -0.1) is 11.3 Å². The summed E-state index contributed by atoms with van der Waals surface area (Å²) in [6.07, 6.45) is 2.33. The molecule has 3 heterocycles. The van der Waals surface area contributed by atoms with Crippen LogP contribution in [-0.2, 0) is 0 Å². The first-order valence-electron chi connectivity index (χ1n) is 10.00. The Morgan fingerprint density at radius 1 is 1.06 bits per heavy atom. The van der Waals surface area contributed by atoms with E-state index in [1.807, 2.05) is 46.8 Å². The molecule has 0 aliphatic carbocycles. The molecule has 5 rings (SSSR count). The second kappa shape index (κ2) is 8.47. The molecule has 1 aliphatic rings. The van der Waals surface area contributed by atoms with Gasteiger partial charge >= 0.3 is 0 Å². The lowest BCUT2D eigenvalue weighted by atomic mass is 10.0. The van der Waals surface area contributed by atoms with Crippen molar-refractivity contribution in [1.29, 1.82) is 0 Å². The highest BCUT2D eigenvalue weighted by Crippen LogP contribution is 2.40. The lowest BCUT2D eigenvalue weighted by Crippen LogP contribution is -2.17. The molecule has 0 bridgehead atoms. The van der Waals surface area contributed by atoms with Gasteiger partial charge in [-0.3, -0.25) is 0 Å². The van der Waals surface area contributed by atoms with Gasteiger partial charge in [-0.2, -0.15) is 5.10 Å². The number of benzene rings is 2. The normalized spacial score (nSPS) is 15.7. The molecular weight excluding hydrogens is 429 g/mol. The fraction of sp³-hybridized carbons (Fsp3) is 0.167. The van der Waals surface area contributed by atoms with Gasteiger partial charge in [-0.25, -0.2) is 14.4 Å². The van der Waals surface area contributed by atoms with Crippen molar-refractivity contribution in [1.82, 2.24) is 4.98 Å². The summed E-state index contributed by atoms with van der Waals surface area (Å²) in [5.74, 6) is 1.39. The Morgan fingerprint density at radius 2 is 1.88 bits per heavy atom. The smallest absolute Gasteiger partial charge is 0.207 e. The maximum absolute atomic E-state index is 14.2. The summed E-state index contributed by atoms with van der Waals surface area (Å²) in [5, 5.41) is 9.37. The molecule has 0 radical (unpaired) electrons. The average Bonchev–Trinajstić information content (AvgIpc) is 3.59. The van der Waals surface area contributed by atoms with Crippen molar-refractivity contribution in [2.45, 2.75) is 12.5 Å². The van der Waals surface area contributed by atoms with Crippen LogP contribution in [0.15, 0.2) is 75.8 Å². The maximum Gasteiger partial charge on any atom is 0.207 e. The molecule has 2 aromatic heterocycles. The summed E-state index contributed by atoms with van der Waals surface area (Å²) in [7, 11) is 3.09. The van der Waals surface area contributed by atoms with Crippen LogP contribution in [0.1, 0.15) is 23.8 Å². The number of ether oxygens (including phenoxy) is 2. The third-order valence-electron chi connectivity index (χ3n) is 5.34. The number of aromatic nitrogens is 1. The molecule has 0 fully saturated rings. The SMILES string of the molecule is COc1ccc(C2=NN(c3nc(-c4ccc(OC)c(F)c4)cs3)[C@@H](c3ccco3)C2)cc1. The van der Waals surface area contributed by atoms with Crippen LogP contribution in [0.3, 0.4) is 0 Å². The predicted molar refractivity (Wildman–Crippen MR) is 122 cm³/mol. The van der Waals surface area contributed by atoms with E-state index in [0.29, 0.717) is 22.8 Å². The summed E-state index contributed by atoms with van der Waals surface area (Å²) in [6, 6.07) is 16.3. The van der Waals surface area contributed by atoms with Crippen LogP contribution in [0, 0.1) is 5.82 Å². The monoisotopic (exact) mass is 449 g/mol. The number of hydrogen-bond acceptors (Lipinski definition) is 7. The molecule has 8 heteroatoms. The van der Waals surface area contributed by atoms with Gasteiger partial charge in [-0.05, 0) is 60.2 Å². The van der Waals surface area contributed by atoms with E-state index in [2.05, 4.69) is 0 Å². The quantitative estimate of drug-likeness (QED) is 0.366. The Labute approximate surface area is 188 Å². The molecule has 2 aromatic carbocycles. The van der Waals surface area contributed by atoms with E-state index in [1.54, 1.807) is 25.5 Å². The first kappa shape index (κ1) is 20.3. The minimum atomic E-state index is -0.422. The molecule has 6 nitrogen and oxygen atoms in total. The highest BCUT2D eigenvalue weighted by Gasteiger charge is 2.33. The van der Waals surface area contributed by atoms with Gasteiger partial charge in [0.25, 0.3) is 0 Å². The Balaban J connectivity index is 1.49. The van der Waals surface area contributed by atoms with Gasteiger partial charge in [-0.1, -0.05) is 0 Å². The molecule has 1 atom stereocenters. The van der Waals surface area contributed by atoms with Crippen molar-refractivity contribution in [3.63, 3.8) is 0 Å². The number of anilines is 1. The van der Waals surface area contributed by atoms with Gasteiger partial charge in [0.2, 0.25) is 5.13 Å². The number of nitrogens with zero attached hydrogens (tertiary/aromatic N) is 3. The molecule has 0 amide bonds. The molecule has 0 unspecified atom stereocenters. The van der Waals surface area contributed by atoms with Gasteiger partial charge < -0.3 is 13.9 Å². The van der Waals surface area contributed by atoms with Crippen molar-refractivity contribution in [3.8, 4) is 22.8 Å². The Hall–Kier alpha value is -3.65. The average molecular weight is 450 g/mol. The summed E-state index contributed by atoms with van der Waals surface area (Å²) >= 11 is 1.45. The molecule has 32 heavy (non-hydrogen) atoms. The lowest BCUT2D eigenvalue weighted by molar-refractivity contribution is 0.386. The standard InChI is InChI=1S/C24H20FN3O3S/c1-29-17-8-5-15(6-9-17)19-13-21(23-4-3-11-31-23)28(27-19)24-26-20(14-32-24)16-7-10-22(30-2)18(25)12-16/h3-12,14,21H,13H2,1-2H3/t21-/m1/s1. The van der Waals surface area contributed by atoms with E-state index >= 15 is 0 Å². The number of hydrogen-bond donors (Lipinski definition) is 0. The number of halogens is 1. The lowest BCUT2D eigenvalue weighted by Gasteiger charge is -2.18. The molecule has 0 spiro atoms. The van der Waals surface area contributed by atoms with Gasteiger partial charge in [0.05, 0.1) is 31.9 Å². The summed E-state index contributed by atoms with van der Waals surface area (Å²) in [4.78, 5) is 4.74. The second-order valence-corrected chi connectivity index (χ2v) is 8.06. The van der Waals surface area contributed by atoms with Crippen LogP contribution >= 0.6 is 11.3 Å². The van der Waals surface area contributed by atoms with Crippen LogP contribution in [0.25, 0.3) is 11.3 Å². The Kier molecular flexibility index (Phi) is 5.36. The number of methoxy groups -OCH3 is 2. The van der Waals surface area contributed by atoms with Gasteiger partial charge in [0, 0.05) is 17.4 Å². The van der Waals surface area contributed by atoms with E-state index in [-0.39, 0.29) is 11.8 Å². The third kappa shape index (κ3) is 3.73. The fourth-order valence-electron chi connectivity index (χ4n) is 3.68. The number of rotatable bonds is 6. The van der Waals surface area contributed by atoms with Crippen molar-refractivity contribution >= 4 is 22.2 Å².